The molecule has 0 saturated carbocycles. The van der Waals surface area contributed by atoms with Crippen molar-refractivity contribution in [1.29, 1.82) is 0 Å². The lowest BCUT2D eigenvalue weighted by Crippen LogP contribution is -2.44. The van der Waals surface area contributed by atoms with E-state index in [4.69, 9.17) is 10.5 Å². The predicted molar refractivity (Wildman–Crippen MR) is 93.9 cm³/mol. The van der Waals surface area contributed by atoms with Crippen molar-refractivity contribution in [2.75, 3.05) is 0 Å². The Morgan fingerprint density at radius 2 is 1.87 bits per heavy atom. The van der Waals surface area contributed by atoms with Crippen LogP contribution in [0.2, 0.25) is 0 Å². The van der Waals surface area contributed by atoms with Crippen LogP contribution in [0.4, 0.5) is 0 Å². The lowest BCUT2D eigenvalue weighted by Gasteiger charge is -2.26. The molecule has 0 bridgehead atoms. The molecule has 0 fully saturated rings. The van der Waals surface area contributed by atoms with Crippen molar-refractivity contribution in [2.24, 2.45) is 5.73 Å². The van der Waals surface area contributed by atoms with Crippen LogP contribution in [-0.4, -0.2) is 12.3 Å². The monoisotopic (exact) mass is 310 g/mol. The highest BCUT2D eigenvalue weighted by molar-refractivity contribution is 5.36. The Labute approximate surface area is 138 Å². The smallest absolute Gasteiger partial charge is 0.108 e. The SMILES string of the molecule is CCCC(NC1Cc2ccccc2C1N)OCc1ccccc1. The van der Waals surface area contributed by atoms with E-state index in [9.17, 15) is 0 Å². The Hall–Kier alpha value is -1.68. The topological polar surface area (TPSA) is 47.3 Å². The van der Waals surface area contributed by atoms with Gasteiger partial charge < -0.3 is 10.5 Å². The number of fused-ring (bicyclic) bond motifs is 1. The summed E-state index contributed by atoms with van der Waals surface area (Å²) in [6, 6.07) is 19.1. The quantitative estimate of drug-likeness (QED) is 0.769. The van der Waals surface area contributed by atoms with Crippen LogP contribution in [0.25, 0.3) is 0 Å². The zero-order valence-corrected chi connectivity index (χ0v) is 13.7. The second-order valence-electron chi connectivity index (χ2n) is 6.28. The standard InChI is InChI=1S/C20H26N2O/c1-2-8-19(23-14-15-9-4-3-5-10-15)22-18-13-16-11-6-7-12-17(16)20(18)21/h3-7,9-12,18-20,22H,2,8,13-14,21H2,1H3. The summed E-state index contributed by atoms with van der Waals surface area (Å²) in [7, 11) is 0. The van der Waals surface area contributed by atoms with Gasteiger partial charge in [-0.05, 0) is 29.5 Å². The lowest BCUT2D eigenvalue weighted by atomic mass is 10.1. The Bertz CT molecular complexity index is 614. The first-order chi connectivity index (χ1) is 11.3. The molecule has 3 nitrogen and oxygen atoms in total. The van der Waals surface area contributed by atoms with Gasteiger partial charge in [0.25, 0.3) is 0 Å². The summed E-state index contributed by atoms with van der Waals surface area (Å²) in [6.45, 7) is 2.82. The van der Waals surface area contributed by atoms with Gasteiger partial charge >= 0.3 is 0 Å². The molecule has 0 heterocycles. The third kappa shape index (κ3) is 3.99. The molecule has 0 radical (unpaired) electrons. The van der Waals surface area contributed by atoms with Crippen LogP contribution in [-0.2, 0) is 17.8 Å². The summed E-state index contributed by atoms with van der Waals surface area (Å²) in [4.78, 5) is 0. The van der Waals surface area contributed by atoms with Gasteiger partial charge in [0.2, 0.25) is 0 Å². The van der Waals surface area contributed by atoms with Gasteiger partial charge in [-0.2, -0.15) is 0 Å². The summed E-state index contributed by atoms with van der Waals surface area (Å²) >= 11 is 0. The molecule has 1 aliphatic rings. The minimum atomic E-state index is 0.0468. The molecule has 3 N–H and O–H groups in total. The summed E-state index contributed by atoms with van der Waals surface area (Å²) < 4.78 is 6.11. The zero-order chi connectivity index (χ0) is 16.1. The summed E-state index contributed by atoms with van der Waals surface area (Å²) in [5, 5.41) is 3.64. The highest BCUT2D eigenvalue weighted by atomic mass is 16.5. The molecule has 2 aromatic carbocycles. The first kappa shape index (κ1) is 16.2. The maximum atomic E-state index is 6.42. The van der Waals surface area contributed by atoms with Crippen LogP contribution in [0.1, 0.15) is 42.5 Å². The molecule has 2 aromatic rings. The molecule has 3 heteroatoms. The van der Waals surface area contributed by atoms with E-state index in [1.54, 1.807) is 0 Å². The molecule has 3 unspecified atom stereocenters. The van der Waals surface area contributed by atoms with E-state index in [0.717, 1.165) is 19.3 Å². The van der Waals surface area contributed by atoms with Crippen molar-refractivity contribution >= 4 is 0 Å². The molecule has 0 spiro atoms. The average Bonchev–Trinajstić information content (AvgIpc) is 2.90. The van der Waals surface area contributed by atoms with Crippen molar-refractivity contribution in [1.82, 2.24) is 5.32 Å². The van der Waals surface area contributed by atoms with Gasteiger partial charge in [0, 0.05) is 12.1 Å². The average molecular weight is 310 g/mol. The number of hydrogen-bond donors (Lipinski definition) is 2. The molecule has 0 aliphatic heterocycles. The Balaban J connectivity index is 1.59. The van der Waals surface area contributed by atoms with Crippen LogP contribution in [0, 0.1) is 0 Å². The van der Waals surface area contributed by atoms with E-state index in [1.165, 1.54) is 16.7 Å². The van der Waals surface area contributed by atoms with Crippen LogP contribution in [0.5, 0.6) is 0 Å². The molecule has 0 aromatic heterocycles. The van der Waals surface area contributed by atoms with E-state index in [-0.39, 0.29) is 18.3 Å². The molecular formula is C20H26N2O. The number of nitrogens with one attached hydrogen (secondary N) is 1. The summed E-state index contributed by atoms with van der Waals surface area (Å²) in [5.41, 5.74) is 10.3. The number of nitrogens with two attached hydrogens (primary N) is 1. The van der Waals surface area contributed by atoms with Crippen molar-refractivity contribution < 1.29 is 4.74 Å². The molecule has 0 saturated heterocycles. The van der Waals surface area contributed by atoms with Crippen LogP contribution >= 0.6 is 0 Å². The van der Waals surface area contributed by atoms with Gasteiger partial charge in [-0.1, -0.05) is 67.9 Å². The third-order valence-electron chi connectivity index (χ3n) is 4.53. The summed E-state index contributed by atoms with van der Waals surface area (Å²) in [5.74, 6) is 0. The first-order valence-corrected chi connectivity index (χ1v) is 8.53. The predicted octanol–water partition coefficient (Wildman–Crippen LogP) is 3.54. The van der Waals surface area contributed by atoms with E-state index >= 15 is 0 Å². The van der Waals surface area contributed by atoms with E-state index in [0.29, 0.717) is 6.61 Å². The first-order valence-electron chi connectivity index (χ1n) is 8.53. The van der Waals surface area contributed by atoms with Crippen molar-refractivity contribution in [3.05, 3.63) is 71.3 Å². The largest absolute Gasteiger partial charge is 0.359 e. The van der Waals surface area contributed by atoms with Crippen LogP contribution in [0.15, 0.2) is 54.6 Å². The molecule has 1 aliphatic carbocycles. The highest BCUT2D eigenvalue weighted by Gasteiger charge is 2.30. The minimum Gasteiger partial charge on any atom is -0.359 e. The Kier molecular flexibility index (Phi) is 5.44. The van der Waals surface area contributed by atoms with E-state index in [1.807, 2.05) is 18.2 Å². The van der Waals surface area contributed by atoms with Crippen LogP contribution in [0.3, 0.4) is 0 Å². The number of benzene rings is 2. The fraction of sp³-hybridized carbons (Fsp3) is 0.400. The van der Waals surface area contributed by atoms with Crippen molar-refractivity contribution in [3.8, 4) is 0 Å². The maximum Gasteiger partial charge on any atom is 0.108 e. The number of hydrogen-bond acceptors (Lipinski definition) is 3. The minimum absolute atomic E-state index is 0.0468. The van der Waals surface area contributed by atoms with Gasteiger partial charge in [0.15, 0.2) is 0 Å². The van der Waals surface area contributed by atoms with Gasteiger partial charge in [0.1, 0.15) is 6.23 Å². The highest BCUT2D eigenvalue weighted by Crippen LogP contribution is 2.29. The fourth-order valence-corrected chi connectivity index (χ4v) is 3.28. The van der Waals surface area contributed by atoms with Gasteiger partial charge in [-0.15, -0.1) is 0 Å². The third-order valence-corrected chi connectivity index (χ3v) is 4.53. The van der Waals surface area contributed by atoms with E-state index in [2.05, 4.69) is 48.6 Å². The zero-order valence-electron chi connectivity index (χ0n) is 13.7. The normalized spacial score (nSPS) is 21.1. The second kappa shape index (κ2) is 7.73. The second-order valence-corrected chi connectivity index (χ2v) is 6.28. The molecular weight excluding hydrogens is 284 g/mol. The Morgan fingerprint density at radius 3 is 2.61 bits per heavy atom. The molecule has 3 atom stereocenters. The fourth-order valence-electron chi connectivity index (χ4n) is 3.28. The number of rotatable bonds is 7. The summed E-state index contributed by atoms with van der Waals surface area (Å²) in [6.07, 6.45) is 3.10. The molecule has 23 heavy (non-hydrogen) atoms. The van der Waals surface area contributed by atoms with Gasteiger partial charge in [-0.25, -0.2) is 0 Å². The Morgan fingerprint density at radius 1 is 1.13 bits per heavy atom. The van der Waals surface area contributed by atoms with Crippen molar-refractivity contribution in [3.63, 3.8) is 0 Å². The van der Waals surface area contributed by atoms with Gasteiger partial charge in [0.05, 0.1) is 6.61 Å². The maximum absolute atomic E-state index is 6.42. The van der Waals surface area contributed by atoms with Crippen molar-refractivity contribution in [2.45, 2.75) is 51.1 Å². The molecule has 122 valence electrons. The van der Waals surface area contributed by atoms with Gasteiger partial charge in [-0.3, -0.25) is 5.32 Å². The molecule has 0 amide bonds. The number of ether oxygens (including phenoxy) is 1. The van der Waals surface area contributed by atoms with E-state index < -0.39 is 0 Å². The molecule has 3 rings (SSSR count). The lowest BCUT2D eigenvalue weighted by molar-refractivity contribution is 0.00267. The van der Waals surface area contributed by atoms with Crippen LogP contribution < -0.4 is 11.1 Å².